The molecule has 1 aliphatic rings. The molecule has 1 saturated carbocycles. The summed E-state index contributed by atoms with van der Waals surface area (Å²) < 4.78 is 2.38. The Bertz CT molecular complexity index is 765. The third-order valence-corrected chi connectivity index (χ3v) is 6.81. The van der Waals surface area contributed by atoms with Crippen LogP contribution in [0.1, 0.15) is 89.5 Å². The normalized spacial score (nSPS) is 16.7. The van der Waals surface area contributed by atoms with Crippen LogP contribution in [-0.2, 0) is 18.5 Å². The molecule has 0 amide bonds. The van der Waals surface area contributed by atoms with Crippen LogP contribution in [0.2, 0.25) is 0 Å². The molecule has 0 saturated heterocycles. The monoisotopic (exact) mass is 424 g/mol. The largest absolute Gasteiger partial charge is 0.392 e. The maximum absolute atomic E-state index is 10.5. The Hall–Kier alpha value is -1.58. The number of nitrogens with zero attached hydrogens (tertiary/aromatic N) is 2. The first-order chi connectivity index (χ1) is 14.8. The summed E-state index contributed by atoms with van der Waals surface area (Å²) in [6.07, 6.45) is 10.8. The Morgan fingerprint density at radius 1 is 1.06 bits per heavy atom. The van der Waals surface area contributed by atoms with Crippen molar-refractivity contribution in [3.63, 3.8) is 0 Å². The zero-order chi connectivity index (χ0) is 22.3. The summed E-state index contributed by atoms with van der Waals surface area (Å²) in [5.74, 6) is 0.788. The van der Waals surface area contributed by atoms with Gasteiger partial charge in [-0.2, -0.15) is 0 Å². The summed E-state index contributed by atoms with van der Waals surface area (Å²) >= 11 is 0. The average molecular weight is 425 g/mol. The lowest BCUT2D eigenvalue weighted by Gasteiger charge is -2.31. The highest BCUT2D eigenvalue weighted by atomic mass is 16.3. The first-order valence-electron chi connectivity index (χ1n) is 12.5. The summed E-state index contributed by atoms with van der Waals surface area (Å²) in [7, 11) is 0. The Kier molecular flexibility index (Phi) is 8.80. The Labute approximate surface area is 190 Å². The van der Waals surface area contributed by atoms with Gasteiger partial charge >= 0.3 is 0 Å². The number of aromatic nitrogens is 1. The van der Waals surface area contributed by atoms with E-state index < -0.39 is 0 Å². The van der Waals surface area contributed by atoms with Crippen LogP contribution in [0.3, 0.4) is 0 Å². The zero-order valence-corrected chi connectivity index (χ0v) is 20.3. The van der Waals surface area contributed by atoms with E-state index in [2.05, 4.69) is 79.8 Å². The number of hydrogen-bond donors (Lipinski definition) is 1. The maximum atomic E-state index is 10.5. The van der Waals surface area contributed by atoms with Crippen LogP contribution in [0, 0.1) is 5.92 Å². The van der Waals surface area contributed by atoms with Crippen molar-refractivity contribution in [2.24, 2.45) is 5.92 Å². The van der Waals surface area contributed by atoms with Crippen LogP contribution in [0.4, 0.5) is 0 Å². The molecule has 2 aromatic rings. The van der Waals surface area contributed by atoms with E-state index in [1.54, 1.807) is 0 Å². The highest BCUT2D eigenvalue weighted by Gasteiger charge is 2.20. The molecule has 1 aliphatic carbocycles. The van der Waals surface area contributed by atoms with E-state index >= 15 is 0 Å². The zero-order valence-electron chi connectivity index (χ0n) is 20.3. The van der Waals surface area contributed by atoms with E-state index in [-0.39, 0.29) is 11.5 Å². The predicted octanol–water partition coefficient (Wildman–Crippen LogP) is 6.38. The van der Waals surface area contributed by atoms with E-state index in [1.165, 1.54) is 48.9 Å². The van der Waals surface area contributed by atoms with Gasteiger partial charge in [0.25, 0.3) is 0 Å². The van der Waals surface area contributed by atoms with E-state index in [9.17, 15) is 5.11 Å². The fourth-order valence-electron chi connectivity index (χ4n) is 4.94. The van der Waals surface area contributed by atoms with Gasteiger partial charge in [0, 0.05) is 38.1 Å². The second-order valence-corrected chi connectivity index (χ2v) is 10.7. The van der Waals surface area contributed by atoms with Gasteiger partial charge in [0.05, 0.1) is 6.10 Å². The van der Waals surface area contributed by atoms with E-state index in [4.69, 9.17) is 0 Å². The summed E-state index contributed by atoms with van der Waals surface area (Å²) in [5.41, 5.74) is 4.26. The summed E-state index contributed by atoms with van der Waals surface area (Å²) in [5, 5.41) is 10.5. The van der Waals surface area contributed by atoms with Gasteiger partial charge in [0.2, 0.25) is 0 Å². The predicted molar refractivity (Wildman–Crippen MR) is 131 cm³/mol. The first-order valence-corrected chi connectivity index (χ1v) is 12.5. The molecule has 1 atom stereocenters. The van der Waals surface area contributed by atoms with Crippen LogP contribution in [-0.4, -0.2) is 33.8 Å². The summed E-state index contributed by atoms with van der Waals surface area (Å²) in [4.78, 5) is 2.52. The number of aliphatic hydroxyl groups is 1. The molecule has 31 heavy (non-hydrogen) atoms. The molecule has 1 aromatic heterocycles. The van der Waals surface area contributed by atoms with Crippen molar-refractivity contribution in [1.29, 1.82) is 0 Å². The van der Waals surface area contributed by atoms with Crippen LogP contribution < -0.4 is 0 Å². The number of aliphatic hydroxyl groups excluding tert-OH is 1. The minimum atomic E-state index is -0.220. The van der Waals surface area contributed by atoms with Crippen molar-refractivity contribution in [1.82, 2.24) is 9.47 Å². The van der Waals surface area contributed by atoms with Crippen molar-refractivity contribution < 1.29 is 5.11 Å². The topological polar surface area (TPSA) is 28.4 Å². The second-order valence-electron chi connectivity index (χ2n) is 10.7. The van der Waals surface area contributed by atoms with Gasteiger partial charge in [-0.05, 0) is 53.9 Å². The van der Waals surface area contributed by atoms with Gasteiger partial charge in [-0.15, -0.1) is 0 Å². The quantitative estimate of drug-likeness (QED) is 0.479. The third kappa shape index (κ3) is 7.50. The molecule has 0 spiro atoms. The van der Waals surface area contributed by atoms with Gasteiger partial charge in [0.1, 0.15) is 0 Å². The first kappa shape index (κ1) is 24.1. The molecule has 0 radical (unpaired) electrons. The van der Waals surface area contributed by atoms with E-state index in [0.717, 1.165) is 44.9 Å². The maximum Gasteiger partial charge on any atom is 0.0667 e. The van der Waals surface area contributed by atoms with Crippen molar-refractivity contribution in [2.45, 2.75) is 97.2 Å². The van der Waals surface area contributed by atoms with E-state index in [0.29, 0.717) is 0 Å². The fraction of sp³-hybridized carbons (Fsp3) is 0.643. The highest BCUT2D eigenvalue weighted by molar-refractivity contribution is 5.28. The van der Waals surface area contributed by atoms with E-state index in [1.807, 2.05) is 0 Å². The van der Waals surface area contributed by atoms with Crippen molar-refractivity contribution >= 4 is 0 Å². The highest BCUT2D eigenvalue weighted by Crippen LogP contribution is 2.26. The lowest BCUT2D eigenvalue weighted by Crippen LogP contribution is -2.36. The minimum absolute atomic E-state index is 0.191. The fourth-order valence-corrected chi connectivity index (χ4v) is 4.94. The van der Waals surface area contributed by atoms with Crippen LogP contribution in [0.5, 0.6) is 0 Å². The molecule has 1 aromatic carbocycles. The smallest absolute Gasteiger partial charge is 0.0667 e. The summed E-state index contributed by atoms with van der Waals surface area (Å²) in [6, 6.07) is 13.5. The van der Waals surface area contributed by atoms with Crippen molar-refractivity contribution in [2.75, 3.05) is 13.1 Å². The number of hydrogen-bond acceptors (Lipinski definition) is 2. The van der Waals surface area contributed by atoms with Crippen molar-refractivity contribution in [3.05, 3.63) is 59.4 Å². The van der Waals surface area contributed by atoms with Gasteiger partial charge in [-0.3, -0.25) is 4.90 Å². The molecular formula is C28H44N2O. The summed E-state index contributed by atoms with van der Waals surface area (Å²) in [6.45, 7) is 12.7. The average Bonchev–Trinajstić information content (AvgIpc) is 3.15. The Morgan fingerprint density at radius 2 is 1.77 bits per heavy atom. The molecule has 0 unspecified atom stereocenters. The molecule has 3 nitrogen and oxygen atoms in total. The molecule has 172 valence electrons. The SMILES string of the molecule is CCC[C@H](O)CN(Cc1cccn1Cc1ccc(C(C)(C)C)cc1)CC1CCCCC1. The van der Waals surface area contributed by atoms with Gasteiger partial charge in [-0.25, -0.2) is 0 Å². The van der Waals surface area contributed by atoms with Crippen LogP contribution in [0.25, 0.3) is 0 Å². The Morgan fingerprint density at radius 3 is 2.42 bits per heavy atom. The molecule has 0 aliphatic heterocycles. The number of benzene rings is 1. The molecule has 3 heteroatoms. The van der Waals surface area contributed by atoms with Gasteiger partial charge in [-0.1, -0.05) is 77.6 Å². The van der Waals surface area contributed by atoms with Crippen LogP contribution >= 0.6 is 0 Å². The lowest BCUT2D eigenvalue weighted by molar-refractivity contribution is 0.0853. The lowest BCUT2D eigenvalue weighted by atomic mass is 9.87. The molecule has 1 heterocycles. The standard InChI is InChI=1S/C28H44N2O/c1-5-10-27(31)22-29(19-23-11-7-6-8-12-23)21-26-13-9-18-30(26)20-24-14-16-25(17-15-24)28(2,3)4/h9,13-18,23,27,31H,5-8,10-12,19-22H2,1-4H3/t27-/m0/s1. The molecule has 1 N–H and O–H groups in total. The molecule has 3 rings (SSSR count). The molecular weight excluding hydrogens is 380 g/mol. The van der Waals surface area contributed by atoms with Gasteiger partial charge < -0.3 is 9.67 Å². The molecule has 1 fully saturated rings. The van der Waals surface area contributed by atoms with Crippen LogP contribution in [0.15, 0.2) is 42.6 Å². The Balaban J connectivity index is 1.67. The van der Waals surface area contributed by atoms with Gasteiger partial charge in [0.15, 0.2) is 0 Å². The minimum Gasteiger partial charge on any atom is -0.392 e. The second kappa shape index (κ2) is 11.3. The molecule has 0 bridgehead atoms. The third-order valence-electron chi connectivity index (χ3n) is 6.81. The van der Waals surface area contributed by atoms with Crippen molar-refractivity contribution in [3.8, 4) is 0 Å². The number of rotatable bonds is 10.